The molecule has 0 aliphatic carbocycles. The summed E-state index contributed by atoms with van der Waals surface area (Å²) in [5, 5.41) is 14.4. The molecule has 4 atom stereocenters. The monoisotopic (exact) mass is 440 g/mol. The molecule has 4 aromatic rings. The Hall–Kier alpha value is -3.34. The fourth-order valence-electron chi connectivity index (χ4n) is 4.64. The van der Waals surface area contributed by atoms with Gasteiger partial charge in [-0.2, -0.15) is 0 Å². The molecule has 4 nitrogen and oxygen atoms in total. The van der Waals surface area contributed by atoms with Crippen molar-refractivity contribution in [2.75, 3.05) is 6.61 Å². The molecular weight excluding hydrogens is 412 g/mol. The molecule has 0 amide bonds. The summed E-state index contributed by atoms with van der Waals surface area (Å²) >= 11 is 0. The van der Waals surface area contributed by atoms with Crippen LogP contribution in [0.15, 0.2) is 97.6 Å². The Bertz CT molecular complexity index is 1240. The lowest BCUT2D eigenvalue weighted by atomic mass is 10.0. The number of aliphatic hydroxyl groups is 1. The molecule has 1 fully saturated rings. The van der Waals surface area contributed by atoms with Crippen LogP contribution in [-0.4, -0.2) is 36.1 Å². The second kappa shape index (κ2) is 9.65. The van der Waals surface area contributed by atoms with Crippen molar-refractivity contribution >= 4 is 21.5 Å². The summed E-state index contributed by atoms with van der Waals surface area (Å²) in [7, 11) is 0. The van der Waals surface area contributed by atoms with E-state index in [1.807, 2.05) is 60.7 Å². The fraction of sp³-hybridized carbons (Fsp3) is 0.241. The van der Waals surface area contributed by atoms with Gasteiger partial charge < -0.3 is 19.3 Å². The largest absolute Gasteiger partial charge is 0.483 e. The van der Waals surface area contributed by atoms with Gasteiger partial charge in [0.1, 0.15) is 17.6 Å². The van der Waals surface area contributed by atoms with Gasteiger partial charge in [0, 0.05) is 10.8 Å². The Kier molecular flexibility index (Phi) is 6.29. The minimum atomic E-state index is -0.487. The van der Waals surface area contributed by atoms with Gasteiger partial charge in [0.25, 0.3) is 0 Å². The van der Waals surface area contributed by atoms with Gasteiger partial charge in [-0.25, -0.2) is 0 Å². The number of hydrogen-bond donors (Lipinski definition) is 1. The summed E-state index contributed by atoms with van der Waals surface area (Å²) in [5.41, 5.74) is 0. The van der Waals surface area contributed by atoms with Crippen LogP contribution in [0.1, 0.15) is 12.8 Å². The maximum Gasteiger partial charge on any atom is 0.166 e. The Morgan fingerprint density at radius 3 is 1.79 bits per heavy atom. The fourth-order valence-corrected chi connectivity index (χ4v) is 4.64. The average molecular weight is 441 g/mol. The van der Waals surface area contributed by atoms with Crippen molar-refractivity contribution in [2.45, 2.75) is 37.3 Å². The van der Waals surface area contributed by atoms with Gasteiger partial charge in [0.2, 0.25) is 0 Å². The van der Waals surface area contributed by atoms with Crippen LogP contribution in [0.5, 0.6) is 11.5 Å². The minimum Gasteiger partial charge on any atom is -0.483 e. The molecule has 4 aromatic carbocycles. The number of ether oxygens (including phenoxy) is 3. The van der Waals surface area contributed by atoms with E-state index in [-0.39, 0.29) is 18.8 Å². The van der Waals surface area contributed by atoms with Crippen LogP contribution in [0.4, 0.5) is 0 Å². The first kappa shape index (κ1) is 21.5. The van der Waals surface area contributed by atoms with Crippen LogP contribution in [-0.2, 0) is 4.74 Å². The zero-order valence-corrected chi connectivity index (χ0v) is 18.5. The highest BCUT2D eigenvalue weighted by Crippen LogP contribution is 2.36. The Labute approximate surface area is 194 Å². The highest BCUT2D eigenvalue weighted by Gasteiger charge is 2.47. The van der Waals surface area contributed by atoms with E-state index >= 15 is 0 Å². The summed E-state index contributed by atoms with van der Waals surface area (Å²) in [6.45, 7) is 3.71. The third-order valence-corrected chi connectivity index (χ3v) is 6.27. The molecule has 0 radical (unpaired) electrons. The molecule has 1 heterocycles. The second-order valence-electron chi connectivity index (χ2n) is 8.38. The predicted octanol–water partition coefficient (Wildman–Crippen LogP) is 5.91. The quantitative estimate of drug-likeness (QED) is 0.346. The van der Waals surface area contributed by atoms with Crippen molar-refractivity contribution < 1.29 is 19.3 Å². The van der Waals surface area contributed by atoms with Gasteiger partial charge in [0.05, 0.1) is 12.7 Å². The van der Waals surface area contributed by atoms with Gasteiger partial charge in [-0.3, -0.25) is 0 Å². The van der Waals surface area contributed by atoms with Crippen LogP contribution in [0.25, 0.3) is 21.5 Å². The van der Waals surface area contributed by atoms with Crippen molar-refractivity contribution in [1.82, 2.24) is 0 Å². The van der Waals surface area contributed by atoms with Crippen molar-refractivity contribution in [1.29, 1.82) is 0 Å². The zero-order valence-electron chi connectivity index (χ0n) is 18.5. The van der Waals surface area contributed by atoms with E-state index in [1.165, 1.54) is 0 Å². The standard InChI is InChI=1S/C29H28O4/c1-2-3-16-26-28(32-24-17-8-12-20-10-4-6-14-22(20)24)29(27(19-30)31-26)33-25-18-9-13-21-11-5-7-15-23(21)25/h2,4-15,17-18,26-30H,1,3,16,19H2. The molecule has 0 bridgehead atoms. The lowest BCUT2D eigenvalue weighted by Crippen LogP contribution is -2.43. The molecule has 1 aliphatic heterocycles. The van der Waals surface area contributed by atoms with Gasteiger partial charge in [0.15, 0.2) is 12.2 Å². The number of fused-ring (bicyclic) bond motifs is 2. The highest BCUT2D eigenvalue weighted by molar-refractivity contribution is 5.89. The molecule has 33 heavy (non-hydrogen) atoms. The van der Waals surface area contributed by atoms with E-state index in [0.29, 0.717) is 0 Å². The summed E-state index contributed by atoms with van der Waals surface area (Å²) in [5.74, 6) is 1.55. The van der Waals surface area contributed by atoms with Crippen LogP contribution in [0.2, 0.25) is 0 Å². The van der Waals surface area contributed by atoms with Gasteiger partial charge >= 0.3 is 0 Å². The lowest BCUT2D eigenvalue weighted by molar-refractivity contribution is -0.0190. The number of hydrogen-bond acceptors (Lipinski definition) is 4. The number of allylic oxidation sites excluding steroid dienone is 1. The number of aliphatic hydroxyl groups excluding tert-OH is 1. The topological polar surface area (TPSA) is 47.9 Å². The average Bonchev–Trinajstić information content (AvgIpc) is 3.19. The molecule has 0 spiro atoms. The Morgan fingerprint density at radius 2 is 1.24 bits per heavy atom. The van der Waals surface area contributed by atoms with Crippen LogP contribution in [0, 0.1) is 0 Å². The molecule has 1 aliphatic rings. The lowest BCUT2D eigenvalue weighted by Gasteiger charge is -2.27. The molecular formula is C29H28O4. The summed E-state index contributed by atoms with van der Waals surface area (Å²) in [6.07, 6.45) is 1.86. The molecule has 1 saturated heterocycles. The number of rotatable bonds is 8. The van der Waals surface area contributed by atoms with E-state index in [9.17, 15) is 5.11 Å². The molecule has 4 heteroatoms. The van der Waals surface area contributed by atoms with Gasteiger partial charge in [-0.05, 0) is 35.7 Å². The molecule has 4 unspecified atom stereocenters. The van der Waals surface area contributed by atoms with Gasteiger partial charge in [-0.15, -0.1) is 6.58 Å². The minimum absolute atomic E-state index is 0.143. The van der Waals surface area contributed by atoms with Crippen molar-refractivity contribution in [3.8, 4) is 11.5 Å². The first-order valence-electron chi connectivity index (χ1n) is 11.4. The van der Waals surface area contributed by atoms with Crippen molar-refractivity contribution in [3.63, 3.8) is 0 Å². The maximum atomic E-state index is 10.1. The van der Waals surface area contributed by atoms with Crippen LogP contribution < -0.4 is 9.47 Å². The molecule has 168 valence electrons. The van der Waals surface area contributed by atoms with Crippen LogP contribution >= 0.6 is 0 Å². The third kappa shape index (κ3) is 4.32. The molecule has 1 N–H and O–H groups in total. The first-order chi connectivity index (χ1) is 16.3. The van der Waals surface area contributed by atoms with Crippen molar-refractivity contribution in [2.24, 2.45) is 0 Å². The van der Waals surface area contributed by atoms with Crippen molar-refractivity contribution in [3.05, 3.63) is 97.6 Å². The third-order valence-electron chi connectivity index (χ3n) is 6.27. The van der Waals surface area contributed by atoms with E-state index in [4.69, 9.17) is 14.2 Å². The predicted molar refractivity (Wildman–Crippen MR) is 132 cm³/mol. The first-order valence-corrected chi connectivity index (χ1v) is 11.4. The van der Waals surface area contributed by atoms with E-state index < -0.39 is 12.2 Å². The summed E-state index contributed by atoms with van der Waals surface area (Å²) in [6, 6.07) is 28.3. The summed E-state index contributed by atoms with van der Waals surface area (Å²) in [4.78, 5) is 0. The smallest absolute Gasteiger partial charge is 0.166 e. The summed E-state index contributed by atoms with van der Waals surface area (Å²) < 4.78 is 19.5. The van der Waals surface area contributed by atoms with E-state index in [0.717, 1.165) is 45.9 Å². The SMILES string of the molecule is C=CCCC1OC(CO)C(Oc2cccc3ccccc23)C1Oc1cccc2ccccc12. The second-order valence-corrected chi connectivity index (χ2v) is 8.38. The molecule has 0 saturated carbocycles. The maximum absolute atomic E-state index is 10.1. The van der Waals surface area contributed by atoms with Crippen LogP contribution in [0.3, 0.4) is 0 Å². The Morgan fingerprint density at radius 1 is 0.727 bits per heavy atom. The van der Waals surface area contributed by atoms with E-state index in [2.05, 4.69) is 36.9 Å². The molecule has 5 rings (SSSR count). The van der Waals surface area contributed by atoms with Gasteiger partial charge in [-0.1, -0.05) is 78.9 Å². The molecule has 0 aromatic heterocycles. The zero-order chi connectivity index (χ0) is 22.6. The van der Waals surface area contributed by atoms with E-state index in [1.54, 1.807) is 0 Å². The number of benzene rings is 4. The Balaban J connectivity index is 1.52. The highest BCUT2D eigenvalue weighted by atomic mass is 16.6. The normalized spacial score (nSPS) is 22.5.